The van der Waals surface area contributed by atoms with Gasteiger partial charge in [0.25, 0.3) is 0 Å². The average molecular weight is 266 g/mol. The maximum Gasteiger partial charge on any atom is 0.193 e. The molecule has 2 aromatic carbocycles. The van der Waals surface area contributed by atoms with Crippen LogP contribution in [0.2, 0.25) is 0 Å². The molecule has 1 heteroatoms. The molecule has 0 heterocycles. The highest BCUT2D eigenvalue weighted by atomic mass is 16.1. The summed E-state index contributed by atoms with van der Waals surface area (Å²) in [6.45, 7) is 10.6. The first-order valence-electron chi connectivity index (χ1n) is 7.01. The molecule has 104 valence electrons. The van der Waals surface area contributed by atoms with Gasteiger partial charge in [-0.05, 0) is 37.0 Å². The van der Waals surface area contributed by atoms with Gasteiger partial charge in [0.2, 0.25) is 0 Å². The molecule has 0 atom stereocenters. The first-order chi connectivity index (χ1) is 9.27. The Kier molecular flexibility index (Phi) is 3.80. The molecule has 0 radical (unpaired) electrons. The Labute approximate surface area is 121 Å². The molecule has 0 amide bonds. The first-order valence-corrected chi connectivity index (χ1v) is 7.01. The summed E-state index contributed by atoms with van der Waals surface area (Å²) in [6, 6.07) is 14.0. The van der Waals surface area contributed by atoms with Gasteiger partial charge in [-0.15, -0.1) is 0 Å². The van der Waals surface area contributed by atoms with Crippen LogP contribution in [0.1, 0.15) is 53.4 Å². The fourth-order valence-corrected chi connectivity index (χ4v) is 2.39. The van der Waals surface area contributed by atoms with Gasteiger partial charge in [-0.2, -0.15) is 0 Å². The summed E-state index contributed by atoms with van der Waals surface area (Å²) in [5.41, 5.74) is 5.13. The second-order valence-corrected chi connectivity index (χ2v) is 6.53. The van der Waals surface area contributed by atoms with E-state index in [-0.39, 0.29) is 11.2 Å². The Bertz CT molecular complexity index is 608. The molecule has 0 fully saturated rings. The van der Waals surface area contributed by atoms with Crippen molar-refractivity contribution in [1.82, 2.24) is 0 Å². The summed E-state index contributed by atoms with van der Waals surface area (Å²) < 4.78 is 0. The lowest BCUT2D eigenvalue weighted by atomic mass is 9.86. The van der Waals surface area contributed by atoms with E-state index in [1.807, 2.05) is 38.1 Å². The zero-order chi connectivity index (χ0) is 14.9. The third-order valence-corrected chi connectivity index (χ3v) is 3.50. The molecule has 2 aromatic rings. The monoisotopic (exact) mass is 266 g/mol. The lowest BCUT2D eigenvalue weighted by molar-refractivity contribution is 0.103. The summed E-state index contributed by atoms with van der Waals surface area (Å²) in [4.78, 5) is 12.5. The standard InChI is InChI=1S/C19H22O/c1-13-10-14(2)12-16(11-13)18(20)15-6-8-17(9-7-15)19(3,4)5/h6-12H,1-5H3. The van der Waals surface area contributed by atoms with Gasteiger partial charge in [0, 0.05) is 11.1 Å². The Morgan fingerprint density at radius 3 is 1.75 bits per heavy atom. The number of rotatable bonds is 2. The number of benzene rings is 2. The highest BCUT2D eigenvalue weighted by Crippen LogP contribution is 2.23. The molecule has 0 aliphatic rings. The number of hydrogen-bond acceptors (Lipinski definition) is 1. The van der Waals surface area contributed by atoms with Gasteiger partial charge < -0.3 is 0 Å². The SMILES string of the molecule is Cc1cc(C)cc(C(=O)c2ccc(C(C)(C)C)cc2)c1. The number of carbonyl (C=O) groups is 1. The number of hydrogen-bond donors (Lipinski definition) is 0. The molecular formula is C19H22O. The highest BCUT2D eigenvalue weighted by Gasteiger charge is 2.15. The van der Waals surface area contributed by atoms with Crippen molar-refractivity contribution in [2.75, 3.05) is 0 Å². The number of carbonyl (C=O) groups excluding carboxylic acids is 1. The van der Waals surface area contributed by atoms with Crippen LogP contribution < -0.4 is 0 Å². The highest BCUT2D eigenvalue weighted by molar-refractivity contribution is 6.09. The van der Waals surface area contributed by atoms with Crippen LogP contribution in [0.15, 0.2) is 42.5 Å². The van der Waals surface area contributed by atoms with E-state index < -0.39 is 0 Å². The van der Waals surface area contributed by atoms with Crippen molar-refractivity contribution in [2.45, 2.75) is 40.0 Å². The van der Waals surface area contributed by atoms with Gasteiger partial charge >= 0.3 is 0 Å². The second kappa shape index (κ2) is 5.24. The van der Waals surface area contributed by atoms with E-state index >= 15 is 0 Å². The van der Waals surface area contributed by atoms with Gasteiger partial charge in [0.15, 0.2) is 5.78 Å². The third kappa shape index (κ3) is 3.16. The van der Waals surface area contributed by atoms with E-state index in [2.05, 4.69) is 39.0 Å². The van der Waals surface area contributed by atoms with E-state index in [0.717, 1.165) is 22.3 Å². The molecule has 0 aliphatic heterocycles. The Morgan fingerprint density at radius 1 is 0.800 bits per heavy atom. The fraction of sp³-hybridized carbons (Fsp3) is 0.316. The molecule has 0 saturated heterocycles. The first kappa shape index (κ1) is 14.5. The summed E-state index contributed by atoms with van der Waals surface area (Å²) in [6.07, 6.45) is 0. The summed E-state index contributed by atoms with van der Waals surface area (Å²) in [7, 11) is 0. The lowest BCUT2D eigenvalue weighted by Gasteiger charge is -2.19. The van der Waals surface area contributed by atoms with E-state index in [0.29, 0.717) is 0 Å². The number of aryl methyl sites for hydroxylation is 2. The van der Waals surface area contributed by atoms with Gasteiger partial charge in [0.05, 0.1) is 0 Å². The van der Waals surface area contributed by atoms with Crippen molar-refractivity contribution in [3.63, 3.8) is 0 Å². The van der Waals surface area contributed by atoms with E-state index in [4.69, 9.17) is 0 Å². The van der Waals surface area contributed by atoms with Crippen LogP contribution >= 0.6 is 0 Å². The Hall–Kier alpha value is -1.89. The molecule has 0 bridgehead atoms. The molecule has 20 heavy (non-hydrogen) atoms. The van der Waals surface area contributed by atoms with Crippen molar-refractivity contribution < 1.29 is 4.79 Å². The van der Waals surface area contributed by atoms with Gasteiger partial charge in [-0.1, -0.05) is 62.2 Å². The van der Waals surface area contributed by atoms with Crippen molar-refractivity contribution >= 4 is 5.78 Å². The molecule has 0 aliphatic carbocycles. The lowest BCUT2D eigenvalue weighted by Crippen LogP contribution is -2.11. The van der Waals surface area contributed by atoms with Gasteiger partial charge in [0.1, 0.15) is 0 Å². The fourth-order valence-electron chi connectivity index (χ4n) is 2.39. The minimum absolute atomic E-state index is 0.0947. The van der Waals surface area contributed by atoms with Crippen LogP contribution in [-0.4, -0.2) is 5.78 Å². The normalized spacial score (nSPS) is 11.4. The zero-order valence-corrected chi connectivity index (χ0v) is 12.9. The maximum atomic E-state index is 12.5. The van der Waals surface area contributed by atoms with Gasteiger partial charge in [-0.3, -0.25) is 4.79 Å². The smallest absolute Gasteiger partial charge is 0.193 e. The van der Waals surface area contributed by atoms with Crippen molar-refractivity contribution in [2.24, 2.45) is 0 Å². The average Bonchev–Trinajstić information content (AvgIpc) is 2.36. The molecule has 1 nitrogen and oxygen atoms in total. The van der Waals surface area contributed by atoms with Crippen LogP contribution in [0.25, 0.3) is 0 Å². The summed E-state index contributed by atoms with van der Waals surface area (Å²) >= 11 is 0. The van der Waals surface area contributed by atoms with Crippen LogP contribution in [0.3, 0.4) is 0 Å². The maximum absolute atomic E-state index is 12.5. The molecular weight excluding hydrogens is 244 g/mol. The van der Waals surface area contributed by atoms with Crippen LogP contribution in [0, 0.1) is 13.8 Å². The molecule has 0 N–H and O–H groups in total. The second-order valence-electron chi connectivity index (χ2n) is 6.53. The van der Waals surface area contributed by atoms with E-state index in [1.165, 1.54) is 5.56 Å². The van der Waals surface area contributed by atoms with Crippen LogP contribution in [0.5, 0.6) is 0 Å². The predicted molar refractivity (Wildman–Crippen MR) is 84.5 cm³/mol. The largest absolute Gasteiger partial charge is 0.289 e. The van der Waals surface area contributed by atoms with Crippen molar-refractivity contribution in [3.8, 4) is 0 Å². The molecule has 0 aromatic heterocycles. The third-order valence-electron chi connectivity index (χ3n) is 3.50. The summed E-state index contributed by atoms with van der Waals surface area (Å²) in [5, 5.41) is 0. The molecule has 2 rings (SSSR count). The quantitative estimate of drug-likeness (QED) is 0.711. The topological polar surface area (TPSA) is 17.1 Å². The van der Waals surface area contributed by atoms with E-state index in [9.17, 15) is 4.79 Å². The Balaban J connectivity index is 2.34. The Morgan fingerprint density at radius 2 is 1.30 bits per heavy atom. The van der Waals surface area contributed by atoms with E-state index in [1.54, 1.807) is 0 Å². The minimum atomic E-state index is 0.0947. The van der Waals surface area contributed by atoms with Crippen molar-refractivity contribution in [1.29, 1.82) is 0 Å². The minimum Gasteiger partial charge on any atom is -0.289 e. The van der Waals surface area contributed by atoms with Gasteiger partial charge in [-0.25, -0.2) is 0 Å². The van der Waals surface area contributed by atoms with Crippen LogP contribution in [0.4, 0.5) is 0 Å². The molecule has 0 saturated carbocycles. The summed E-state index contributed by atoms with van der Waals surface area (Å²) in [5.74, 6) is 0.0947. The van der Waals surface area contributed by atoms with Crippen LogP contribution in [-0.2, 0) is 5.41 Å². The zero-order valence-electron chi connectivity index (χ0n) is 12.9. The molecule has 0 unspecified atom stereocenters. The van der Waals surface area contributed by atoms with Crippen molar-refractivity contribution in [3.05, 3.63) is 70.3 Å². The number of ketones is 1. The molecule has 0 spiro atoms. The predicted octanol–water partition coefficient (Wildman–Crippen LogP) is 4.83.